The molecule has 0 aliphatic carbocycles. The zero-order valence-corrected chi connectivity index (χ0v) is 10.4. The lowest BCUT2D eigenvalue weighted by molar-refractivity contribution is -0.140. The van der Waals surface area contributed by atoms with Crippen LogP contribution < -0.4 is 5.32 Å². The van der Waals surface area contributed by atoms with Crippen molar-refractivity contribution in [1.29, 1.82) is 0 Å². The molecule has 1 fully saturated rings. The Bertz CT molecular complexity index is 422. The molecule has 2 unspecified atom stereocenters. The van der Waals surface area contributed by atoms with E-state index in [0.29, 0.717) is 0 Å². The molecule has 0 bridgehead atoms. The predicted molar refractivity (Wildman–Crippen MR) is 67.3 cm³/mol. The van der Waals surface area contributed by atoms with Gasteiger partial charge in [-0.05, 0) is 50.4 Å². The van der Waals surface area contributed by atoms with Gasteiger partial charge in [0.15, 0.2) is 0 Å². The second-order valence-corrected chi connectivity index (χ2v) is 4.93. The van der Waals surface area contributed by atoms with Gasteiger partial charge in [0.1, 0.15) is 0 Å². The molecule has 0 saturated carbocycles. The molecule has 1 saturated heterocycles. The van der Waals surface area contributed by atoms with Gasteiger partial charge in [0.2, 0.25) is 0 Å². The Labute approximate surface area is 102 Å². The average molecular weight is 233 g/mol. The van der Waals surface area contributed by atoms with Crippen LogP contribution in [0.3, 0.4) is 0 Å². The fraction of sp³-hybridized carbons (Fsp3) is 0.500. The third-order valence-electron chi connectivity index (χ3n) is 3.61. The molecule has 3 heteroatoms. The lowest BCUT2D eigenvalue weighted by atomic mass is 9.83. The highest BCUT2D eigenvalue weighted by molar-refractivity contribution is 5.77. The molecule has 1 aliphatic heterocycles. The van der Waals surface area contributed by atoms with Gasteiger partial charge < -0.3 is 10.4 Å². The van der Waals surface area contributed by atoms with Crippen molar-refractivity contribution in [3.63, 3.8) is 0 Å². The normalized spacial score (nSPS) is 21.4. The molecule has 1 heterocycles. The number of carboxylic acid groups (broad SMARTS) is 1. The van der Waals surface area contributed by atoms with E-state index in [1.807, 2.05) is 32.0 Å². The molecule has 3 nitrogen and oxygen atoms in total. The minimum absolute atomic E-state index is 0.216. The van der Waals surface area contributed by atoms with E-state index in [9.17, 15) is 9.90 Å². The number of carboxylic acids is 1. The van der Waals surface area contributed by atoms with Gasteiger partial charge in [-0.25, -0.2) is 0 Å². The van der Waals surface area contributed by atoms with E-state index in [1.54, 1.807) is 0 Å². The molecule has 0 radical (unpaired) electrons. The Balaban J connectivity index is 2.37. The predicted octanol–water partition coefficient (Wildman–Crippen LogP) is 2.08. The fourth-order valence-electron chi connectivity index (χ4n) is 2.65. The second-order valence-electron chi connectivity index (χ2n) is 4.93. The summed E-state index contributed by atoms with van der Waals surface area (Å²) in [4.78, 5) is 11.5. The summed E-state index contributed by atoms with van der Waals surface area (Å²) in [6.07, 6.45) is 0.949. The van der Waals surface area contributed by atoms with Crippen LogP contribution in [0.2, 0.25) is 0 Å². The molecule has 2 atom stereocenters. The SMILES string of the molecule is Cc1ccc(C)c(C(C(=O)O)C2CCNC2)c1. The lowest BCUT2D eigenvalue weighted by Crippen LogP contribution is -2.24. The summed E-state index contributed by atoms with van der Waals surface area (Å²) in [6.45, 7) is 5.74. The molecule has 17 heavy (non-hydrogen) atoms. The average Bonchev–Trinajstić information content (AvgIpc) is 2.76. The molecule has 0 amide bonds. The number of hydrogen-bond donors (Lipinski definition) is 2. The first-order chi connectivity index (χ1) is 8.09. The molecular formula is C14H19NO2. The number of hydrogen-bond acceptors (Lipinski definition) is 2. The van der Waals surface area contributed by atoms with Gasteiger partial charge in [0.05, 0.1) is 5.92 Å². The number of rotatable bonds is 3. The Hall–Kier alpha value is -1.35. The molecule has 1 aromatic carbocycles. The Morgan fingerprint density at radius 1 is 1.47 bits per heavy atom. The van der Waals surface area contributed by atoms with Crippen molar-refractivity contribution in [2.45, 2.75) is 26.2 Å². The maximum absolute atomic E-state index is 11.5. The number of aryl methyl sites for hydroxylation is 2. The van der Waals surface area contributed by atoms with E-state index in [2.05, 4.69) is 5.32 Å². The number of nitrogens with one attached hydrogen (secondary N) is 1. The number of aliphatic carboxylic acids is 1. The molecule has 1 aromatic rings. The zero-order valence-electron chi connectivity index (χ0n) is 10.4. The second kappa shape index (κ2) is 4.88. The van der Waals surface area contributed by atoms with Crippen molar-refractivity contribution < 1.29 is 9.90 Å². The van der Waals surface area contributed by atoms with Gasteiger partial charge in [0, 0.05) is 0 Å². The van der Waals surface area contributed by atoms with Crippen molar-refractivity contribution >= 4 is 5.97 Å². The summed E-state index contributed by atoms with van der Waals surface area (Å²) in [5.74, 6) is -0.856. The highest BCUT2D eigenvalue weighted by atomic mass is 16.4. The van der Waals surface area contributed by atoms with Crippen molar-refractivity contribution in [3.8, 4) is 0 Å². The van der Waals surface area contributed by atoms with E-state index >= 15 is 0 Å². The summed E-state index contributed by atoms with van der Waals surface area (Å²) in [5.41, 5.74) is 3.18. The Kier molecular flexibility index (Phi) is 3.48. The smallest absolute Gasteiger partial charge is 0.311 e. The third kappa shape index (κ3) is 2.50. The van der Waals surface area contributed by atoms with Gasteiger partial charge in [-0.15, -0.1) is 0 Å². The number of benzene rings is 1. The first-order valence-electron chi connectivity index (χ1n) is 6.10. The van der Waals surface area contributed by atoms with E-state index in [1.165, 1.54) is 0 Å². The first kappa shape index (κ1) is 12.1. The molecular weight excluding hydrogens is 214 g/mol. The Morgan fingerprint density at radius 3 is 2.82 bits per heavy atom. The standard InChI is InChI=1S/C14H19NO2/c1-9-3-4-10(2)12(7-9)13(14(16)17)11-5-6-15-8-11/h3-4,7,11,13,15H,5-6,8H2,1-2H3,(H,16,17). The van der Waals surface area contributed by atoms with Crippen LogP contribution in [-0.2, 0) is 4.79 Å². The summed E-state index contributed by atoms with van der Waals surface area (Å²) < 4.78 is 0. The highest BCUT2D eigenvalue weighted by Crippen LogP contribution is 2.32. The maximum atomic E-state index is 11.5. The zero-order chi connectivity index (χ0) is 12.4. The van der Waals surface area contributed by atoms with Crippen molar-refractivity contribution in [3.05, 3.63) is 34.9 Å². The van der Waals surface area contributed by atoms with Crippen molar-refractivity contribution in [1.82, 2.24) is 5.32 Å². The van der Waals surface area contributed by atoms with Crippen LogP contribution in [0.1, 0.15) is 29.0 Å². The minimum Gasteiger partial charge on any atom is -0.481 e. The van der Waals surface area contributed by atoms with Crippen LogP contribution in [-0.4, -0.2) is 24.2 Å². The number of carbonyl (C=O) groups is 1. The van der Waals surface area contributed by atoms with Gasteiger partial charge in [-0.2, -0.15) is 0 Å². The van der Waals surface area contributed by atoms with Gasteiger partial charge >= 0.3 is 5.97 Å². The van der Waals surface area contributed by atoms with E-state index in [-0.39, 0.29) is 11.8 Å². The summed E-state index contributed by atoms with van der Waals surface area (Å²) in [7, 11) is 0. The van der Waals surface area contributed by atoms with Gasteiger partial charge in [0.25, 0.3) is 0 Å². The van der Waals surface area contributed by atoms with Crippen LogP contribution >= 0.6 is 0 Å². The van der Waals surface area contributed by atoms with E-state index in [0.717, 1.165) is 36.2 Å². The van der Waals surface area contributed by atoms with Gasteiger partial charge in [-0.3, -0.25) is 4.79 Å². The van der Waals surface area contributed by atoms with Crippen molar-refractivity contribution in [2.24, 2.45) is 5.92 Å². The topological polar surface area (TPSA) is 49.3 Å². The van der Waals surface area contributed by atoms with Gasteiger partial charge in [-0.1, -0.05) is 23.8 Å². The summed E-state index contributed by atoms with van der Waals surface area (Å²) in [5, 5.41) is 12.7. The monoisotopic (exact) mass is 233 g/mol. The maximum Gasteiger partial charge on any atom is 0.311 e. The van der Waals surface area contributed by atoms with Crippen LogP contribution in [0.25, 0.3) is 0 Å². The quantitative estimate of drug-likeness (QED) is 0.840. The van der Waals surface area contributed by atoms with E-state index < -0.39 is 5.97 Å². The summed E-state index contributed by atoms with van der Waals surface area (Å²) in [6, 6.07) is 6.07. The molecule has 0 spiro atoms. The highest BCUT2D eigenvalue weighted by Gasteiger charge is 2.32. The largest absolute Gasteiger partial charge is 0.481 e. The lowest BCUT2D eigenvalue weighted by Gasteiger charge is -2.21. The van der Waals surface area contributed by atoms with Crippen LogP contribution in [0, 0.1) is 19.8 Å². The fourth-order valence-corrected chi connectivity index (χ4v) is 2.65. The minimum atomic E-state index is -0.701. The van der Waals surface area contributed by atoms with Crippen LogP contribution in [0.15, 0.2) is 18.2 Å². The molecule has 92 valence electrons. The molecule has 1 aliphatic rings. The van der Waals surface area contributed by atoms with Crippen LogP contribution in [0.4, 0.5) is 0 Å². The molecule has 2 rings (SSSR count). The van der Waals surface area contributed by atoms with Crippen LogP contribution in [0.5, 0.6) is 0 Å². The molecule has 2 N–H and O–H groups in total. The van der Waals surface area contributed by atoms with Crippen molar-refractivity contribution in [2.75, 3.05) is 13.1 Å². The Morgan fingerprint density at radius 2 is 2.24 bits per heavy atom. The van der Waals surface area contributed by atoms with E-state index in [4.69, 9.17) is 0 Å². The first-order valence-corrected chi connectivity index (χ1v) is 6.10. The summed E-state index contributed by atoms with van der Waals surface area (Å²) >= 11 is 0. The molecule has 0 aromatic heterocycles. The third-order valence-corrected chi connectivity index (χ3v) is 3.61.